The van der Waals surface area contributed by atoms with Crippen molar-refractivity contribution in [2.45, 2.75) is 13.8 Å². The Balaban J connectivity index is 2.22. The summed E-state index contributed by atoms with van der Waals surface area (Å²) < 4.78 is 0. The van der Waals surface area contributed by atoms with Crippen molar-refractivity contribution in [3.8, 4) is 0 Å². The van der Waals surface area contributed by atoms with E-state index >= 15 is 0 Å². The first-order valence-electron chi connectivity index (χ1n) is 5.20. The highest BCUT2D eigenvalue weighted by Crippen LogP contribution is 2.27. The molecule has 0 aliphatic carbocycles. The van der Waals surface area contributed by atoms with Gasteiger partial charge in [0.25, 0.3) is 0 Å². The minimum Gasteiger partial charge on any atom is -0.380 e. The summed E-state index contributed by atoms with van der Waals surface area (Å²) in [7, 11) is 0. The van der Waals surface area contributed by atoms with Gasteiger partial charge in [0.05, 0.1) is 17.6 Å². The van der Waals surface area contributed by atoms with Gasteiger partial charge in [-0.3, -0.25) is 4.98 Å². The van der Waals surface area contributed by atoms with Crippen molar-refractivity contribution in [2.75, 3.05) is 29.9 Å². The first kappa shape index (κ1) is 9.31. The van der Waals surface area contributed by atoms with Gasteiger partial charge in [-0.1, -0.05) is 13.8 Å². The van der Waals surface area contributed by atoms with Crippen LogP contribution in [0.2, 0.25) is 0 Å². The minimum absolute atomic E-state index is 0.703. The second-order valence-electron chi connectivity index (χ2n) is 4.16. The third kappa shape index (κ3) is 1.81. The molecule has 2 heterocycles. The average Bonchev–Trinajstić information content (AvgIpc) is 2.18. The summed E-state index contributed by atoms with van der Waals surface area (Å²) in [5.41, 5.74) is 2.46. The summed E-state index contributed by atoms with van der Waals surface area (Å²) in [6.45, 7) is 7.74. The van der Waals surface area contributed by atoms with Crippen molar-refractivity contribution in [2.24, 2.45) is 5.92 Å². The van der Waals surface area contributed by atoms with Gasteiger partial charge in [-0.25, -0.2) is 0 Å². The number of fused-ring (bicyclic) bond motifs is 1. The molecule has 14 heavy (non-hydrogen) atoms. The van der Waals surface area contributed by atoms with Gasteiger partial charge in [0.15, 0.2) is 0 Å². The summed E-state index contributed by atoms with van der Waals surface area (Å²) in [6, 6.07) is 2.09. The van der Waals surface area contributed by atoms with Gasteiger partial charge in [0, 0.05) is 25.8 Å². The minimum atomic E-state index is 0.703. The molecule has 0 fully saturated rings. The van der Waals surface area contributed by atoms with Crippen LogP contribution < -0.4 is 10.2 Å². The second-order valence-corrected chi connectivity index (χ2v) is 4.16. The Hall–Kier alpha value is -1.25. The van der Waals surface area contributed by atoms with E-state index in [2.05, 4.69) is 35.1 Å². The number of rotatable bonds is 2. The van der Waals surface area contributed by atoms with E-state index in [0.29, 0.717) is 5.92 Å². The molecule has 1 aromatic heterocycles. The van der Waals surface area contributed by atoms with Crippen molar-refractivity contribution in [1.29, 1.82) is 0 Å². The first-order valence-corrected chi connectivity index (χ1v) is 5.20. The summed E-state index contributed by atoms with van der Waals surface area (Å²) in [4.78, 5) is 6.55. The Kier molecular flexibility index (Phi) is 2.57. The molecule has 0 saturated carbocycles. The molecule has 76 valence electrons. The van der Waals surface area contributed by atoms with Crippen molar-refractivity contribution in [3.63, 3.8) is 0 Å². The monoisotopic (exact) mass is 191 g/mol. The van der Waals surface area contributed by atoms with Crippen molar-refractivity contribution in [1.82, 2.24) is 4.98 Å². The fourth-order valence-electron chi connectivity index (χ4n) is 1.88. The zero-order valence-electron chi connectivity index (χ0n) is 8.83. The average molecular weight is 191 g/mol. The molecule has 0 aromatic carbocycles. The number of pyridine rings is 1. The van der Waals surface area contributed by atoms with Gasteiger partial charge < -0.3 is 10.2 Å². The third-order valence-corrected chi connectivity index (χ3v) is 2.42. The Labute approximate surface area is 85.1 Å². The lowest BCUT2D eigenvalue weighted by Crippen LogP contribution is -2.36. The molecule has 0 amide bonds. The van der Waals surface area contributed by atoms with Gasteiger partial charge >= 0.3 is 0 Å². The van der Waals surface area contributed by atoms with Gasteiger partial charge in [-0.15, -0.1) is 0 Å². The first-order chi connectivity index (χ1) is 6.77. The Morgan fingerprint density at radius 1 is 1.57 bits per heavy atom. The lowest BCUT2D eigenvalue weighted by atomic mass is 10.1. The third-order valence-electron chi connectivity index (χ3n) is 2.42. The van der Waals surface area contributed by atoms with Crippen LogP contribution in [0, 0.1) is 5.92 Å². The summed E-state index contributed by atoms with van der Waals surface area (Å²) in [5.74, 6) is 0.703. The van der Waals surface area contributed by atoms with Crippen LogP contribution >= 0.6 is 0 Å². The molecule has 0 radical (unpaired) electrons. The van der Waals surface area contributed by atoms with Gasteiger partial charge in [0.2, 0.25) is 0 Å². The smallest absolute Gasteiger partial charge is 0.0765 e. The van der Waals surface area contributed by atoms with Crippen LogP contribution in [0.3, 0.4) is 0 Å². The number of aromatic nitrogens is 1. The SMILES string of the molecule is CC(C)CN1CCNc2cnccc21. The molecule has 1 aromatic rings. The molecular weight excluding hydrogens is 174 g/mol. The van der Waals surface area contributed by atoms with Crippen LogP contribution in [0.1, 0.15) is 13.8 Å². The van der Waals surface area contributed by atoms with Crippen molar-refractivity contribution < 1.29 is 0 Å². The molecule has 0 atom stereocenters. The molecular formula is C11H17N3. The lowest BCUT2D eigenvalue weighted by Gasteiger charge is -2.32. The highest BCUT2D eigenvalue weighted by molar-refractivity contribution is 5.70. The highest BCUT2D eigenvalue weighted by atomic mass is 15.2. The standard InChI is InChI=1S/C11H17N3/c1-9(2)8-14-6-5-13-10-7-12-4-3-11(10)14/h3-4,7,9,13H,5-6,8H2,1-2H3. The largest absolute Gasteiger partial charge is 0.380 e. The number of nitrogens with zero attached hydrogens (tertiary/aromatic N) is 2. The molecule has 0 bridgehead atoms. The van der Waals surface area contributed by atoms with Crippen LogP contribution in [0.15, 0.2) is 18.5 Å². The molecule has 3 nitrogen and oxygen atoms in total. The van der Waals surface area contributed by atoms with E-state index in [4.69, 9.17) is 0 Å². The predicted octanol–water partition coefficient (Wildman–Crippen LogP) is 1.97. The van der Waals surface area contributed by atoms with Crippen molar-refractivity contribution >= 4 is 11.4 Å². The van der Waals surface area contributed by atoms with Crippen LogP contribution in [0.5, 0.6) is 0 Å². The summed E-state index contributed by atoms with van der Waals surface area (Å²) in [5, 5.41) is 3.36. The van der Waals surface area contributed by atoms with E-state index < -0.39 is 0 Å². The predicted molar refractivity (Wildman–Crippen MR) is 59.8 cm³/mol. The van der Waals surface area contributed by atoms with E-state index in [0.717, 1.165) is 19.6 Å². The fraction of sp³-hybridized carbons (Fsp3) is 0.545. The van der Waals surface area contributed by atoms with E-state index in [1.165, 1.54) is 11.4 Å². The van der Waals surface area contributed by atoms with Crippen LogP contribution in [0.4, 0.5) is 11.4 Å². The number of nitrogens with one attached hydrogen (secondary N) is 1. The molecule has 2 rings (SSSR count). The van der Waals surface area contributed by atoms with Crippen molar-refractivity contribution in [3.05, 3.63) is 18.5 Å². The van der Waals surface area contributed by atoms with E-state index in [1.54, 1.807) is 0 Å². The lowest BCUT2D eigenvalue weighted by molar-refractivity contribution is 0.610. The Morgan fingerprint density at radius 3 is 3.21 bits per heavy atom. The normalized spacial score (nSPS) is 15.2. The van der Waals surface area contributed by atoms with Gasteiger partial charge in [-0.2, -0.15) is 0 Å². The summed E-state index contributed by atoms with van der Waals surface area (Å²) >= 11 is 0. The van der Waals surface area contributed by atoms with Gasteiger partial charge in [0.1, 0.15) is 0 Å². The molecule has 1 aliphatic heterocycles. The molecule has 3 heteroatoms. The Morgan fingerprint density at radius 2 is 2.43 bits per heavy atom. The summed E-state index contributed by atoms with van der Waals surface area (Å²) in [6.07, 6.45) is 3.76. The quantitative estimate of drug-likeness (QED) is 0.774. The molecule has 0 spiro atoms. The molecule has 0 saturated heterocycles. The maximum absolute atomic E-state index is 4.12. The zero-order valence-corrected chi connectivity index (χ0v) is 8.83. The molecule has 1 aliphatic rings. The number of hydrogen-bond donors (Lipinski definition) is 1. The maximum Gasteiger partial charge on any atom is 0.0765 e. The highest BCUT2D eigenvalue weighted by Gasteiger charge is 2.16. The van der Waals surface area contributed by atoms with Crippen LogP contribution in [-0.2, 0) is 0 Å². The van der Waals surface area contributed by atoms with Crippen LogP contribution in [-0.4, -0.2) is 24.6 Å². The van der Waals surface area contributed by atoms with E-state index in [1.807, 2.05) is 12.4 Å². The van der Waals surface area contributed by atoms with Gasteiger partial charge in [-0.05, 0) is 12.0 Å². The Bertz CT molecular complexity index is 309. The zero-order chi connectivity index (χ0) is 9.97. The second kappa shape index (κ2) is 3.86. The number of anilines is 2. The number of hydrogen-bond acceptors (Lipinski definition) is 3. The van der Waals surface area contributed by atoms with E-state index in [9.17, 15) is 0 Å². The van der Waals surface area contributed by atoms with E-state index in [-0.39, 0.29) is 0 Å². The van der Waals surface area contributed by atoms with Crippen LogP contribution in [0.25, 0.3) is 0 Å². The molecule has 1 N–H and O–H groups in total. The topological polar surface area (TPSA) is 28.2 Å². The molecule has 0 unspecified atom stereocenters. The maximum atomic E-state index is 4.12. The fourth-order valence-corrected chi connectivity index (χ4v) is 1.88.